The first-order chi connectivity index (χ1) is 5.59. The minimum absolute atomic E-state index is 0.425. The Bertz CT molecular complexity index is 460. The Morgan fingerprint density at radius 3 is 2.75 bits per heavy atom. The predicted molar refractivity (Wildman–Crippen MR) is 55.4 cm³/mol. The molecule has 2 rings (SSSR count). The van der Waals surface area contributed by atoms with Gasteiger partial charge in [0.15, 0.2) is 9.84 Å². The van der Waals surface area contributed by atoms with Crippen LogP contribution in [0.5, 0.6) is 0 Å². The molecule has 0 unspecified atom stereocenters. The lowest BCUT2D eigenvalue weighted by Crippen LogP contribution is -1.93. The summed E-state index contributed by atoms with van der Waals surface area (Å²) in [6.07, 6.45) is 1.63. The monoisotopic (exact) mass is 292 g/mol. The zero-order valence-corrected chi connectivity index (χ0v) is 8.96. The van der Waals surface area contributed by atoms with Crippen molar-refractivity contribution in [1.82, 2.24) is 0 Å². The van der Waals surface area contributed by atoms with E-state index in [-0.39, 0.29) is 0 Å². The van der Waals surface area contributed by atoms with Crippen molar-refractivity contribution in [2.75, 3.05) is 0 Å². The van der Waals surface area contributed by atoms with E-state index >= 15 is 0 Å². The van der Waals surface area contributed by atoms with Crippen LogP contribution in [0.3, 0.4) is 0 Å². The highest BCUT2D eigenvalue weighted by Crippen LogP contribution is 2.27. The second-order valence-corrected chi connectivity index (χ2v) is 5.58. The SMILES string of the molecule is O=S1(=O)C=Cc2ccc(I)cc21. The number of rotatable bonds is 0. The Morgan fingerprint density at radius 2 is 2.00 bits per heavy atom. The smallest absolute Gasteiger partial charge is 0.200 e. The maximum absolute atomic E-state index is 11.3. The lowest BCUT2D eigenvalue weighted by molar-refractivity contribution is 0.605. The maximum Gasteiger partial charge on any atom is 0.200 e. The highest BCUT2D eigenvalue weighted by atomic mass is 127. The van der Waals surface area contributed by atoms with Crippen LogP contribution in [0, 0.1) is 3.57 Å². The van der Waals surface area contributed by atoms with Gasteiger partial charge in [-0.3, -0.25) is 0 Å². The Balaban J connectivity index is 2.80. The highest BCUT2D eigenvalue weighted by Gasteiger charge is 2.19. The van der Waals surface area contributed by atoms with Gasteiger partial charge in [0.2, 0.25) is 0 Å². The molecular formula is C8H5IO2S. The summed E-state index contributed by atoms with van der Waals surface area (Å²) < 4.78 is 23.6. The molecule has 0 aliphatic carbocycles. The summed E-state index contributed by atoms with van der Waals surface area (Å²) in [7, 11) is -3.11. The Hall–Kier alpha value is -0.360. The molecule has 1 aliphatic rings. The zero-order chi connectivity index (χ0) is 8.77. The number of hydrogen-bond acceptors (Lipinski definition) is 2. The molecule has 0 saturated heterocycles. The van der Waals surface area contributed by atoms with Gasteiger partial charge in [-0.15, -0.1) is 0 Å². The molecule has 0 radical (unpaired) electrons. The van der Waals surface area contributed by atoms with Crippen molar-refractivity contribution in [3.63, 3.8) is 0 Å². The lowest BCUT2D eigenvalue weighted by atomic mass is 10.2. The zero-order valence-electron chi connectivity index (χ0n) is 5.99. The lowest BCUT2D eigenvalue weighted by Gasteiger charge is -1.97. The van der Waals surface area contributed by atoms with Crippen LogP contribution in [0.2, 0.25) is 0 Å². The van der Waals surface area contributed by atoms with Crippen LogP contribution in [0.4, 0.5) is 0 Å². The standard InChI is InChI=1S/C8H5IO2S/c9-7-2-1-6-3-4-12(10,11)8(6)5-7/h1-5H. The minimum Gasteiger partial charge on any atom is -0.219 e. The summed E-state index contributed by atoms with van der Waals surface area (Å²) >= 11 is 2.10. The first kappa shape index (κ1) is 8.25. The molecule has 62 valence electrons. The number of sulfone groups is 1. The Kier molecular flexibility index (Phi) is 1.76. The quantitative estimate of drug-likeness (QED) is 0.686. The molecule has 4 heteroatoms. The first-order valence-electron chi connectivity index (χ1n) is 3.32. The average Bonchev–Trinajstić information content (AvgIpc) is 2.28. The molecule has 1 heterocycles. The molecule has 1 aromatic carbocycles. The van der Waals surface area contributed by atoms with Crippen LogP contribution in [0.1, 0.15) is 5.56 Å². The van der Waals surface area contributed by atoms with Crippen LogP contribution in [-0.2, 0) is 9.84 Å². The first-order valence-corrected chi connectivity index (χ1v) is 5.95. The number of benzene rings is 1. The van der Waals surface area contributed by atoms with Crippen molar-refractivity contribution < 1.29 is 8.42 Å². The fourth-order valence-corrected chi connectivity index (χ4v) is 3.06. The second-order valence-electron chi connectivity index (χ2n) is 2.53. The van der Waals surface area contributed by atoms with Gasteiger partial charge in [0.1, 0.15) is 0 Å². The van der Waals surface area contributed by atoms with Gasteiger partial charge < -0.3 is 0 Å². The summed E-state index contributed by atoms with van der Waals surface area (Å²) in [5.41, 5.74) is 0.787. The van der Waals surface area contributed by atoms with E-state index in [2.05, 4.69) is 22.6 Å². The number of halogens is 1. The van der Waals surface area contributed by atoms with Crippen LogP contribution < -0.4 is 0 Å². The van der Waals surface area contributed by atoms with Crippen LogP contribution in [0.15, 0.2) is 28.5 Å². The van der Waals surface area contributed by atoms with E-state index in [1.54, 1.807) is 12.1 Å². The highest BCUT2D eigenvalue weighted by molar-refractivity contribution is 14.1. The molecule has 0 saturated carbocycles. The number of fused-ring (bicyclic) bond motifs is 1. The summed E-state index contributed by atoms with van der Waals surface area (Å²) in [5, 5.41) is 1.24. The molecule has 12 heavy (non-hydrogen) atoms. The van der Waals surface area contributed by atoms with Gasteiger partial charge in [-0.1, -0.05) is 6.07 Å². The molecule has 0 atom stereocenters. The van der Waals surface area contributed by atoms with Gasteiger partial charge in [0.05, 0.1) is 4.90 Å². The molecular weight excluding hydrogens is 287 g/mol. The summed E-state index contributed by atoms with van der Waals surface area (Å²) in [6.45, 7) is 0. The van der Waals surface area contributed by atoms with E-state index in [1.807, 2.05) is 12.1 Å². The summed E-state index contributed by atoms with van der Waals surface area (Å²) in [5.74, 6) is 0. The Labute approximate surface area is 84.4 Å². The fourth-order valence-electron chi connectivity index (χ4n) is 1.13. The van der Waals surface area contributed by atoms with Gasteiger partial charge in [-0.25, -0.2) is 8.42 Å². The van der Waals surface area contributed by atoms with Gasteiger partial charge in [0.25, 0.3) is 0 Å². The van der Waals surface area contributed by atoms with E-state index in [0.29, 0.717) is 4.90 Å². The van der Waals surface area contributed by atoms with Crippen LogP contribution in [0.25, 0.3) is 6.08 Å². The third-order valence-corrected chi connectivity index (χ3v) is 3.84. The van der Waals surface area contributed by atoms with Gasteiger partial charge in [-0.2, -0.15) is 0 Å². The summed E-state index contributed by atoms with van der Waals surface area (Å²) in [6, 6.07) is 5.40. The summed E-state index contributed by atoms with van der Waals surface area (Å²) in [4.78, 5) is 0.425. The average molecular weight is 292 g/mol. The normalized spacial score (nSPS) is 17.8. The van der Waals surface area contributed by atoms with Gasteiger partial charge in [-0.05, 0) is 46.4 Å². The van der Waals surface area contributed by atoms with Crippen molar-refractivity contribution in [2.45, 2.75) is 4.90 Å². The van der Waals surface area contributed by atoms with Crippen molar-refractivity contribution >= 4 is 38.5 Å². The third kappa shape index (κ3) is 1.19. The molecule has 1 aromatic rings. The van der Waals surface area contributed by atoms with Crippen molar-refractivity contribution in [3.05, 3.63) is 32.7 Å². The molecule has 1 aliphatic heterocycles. The molecule has 0 N–H and O–H groups in total. The van der Waals surface area contributed by atoms with Crippen molar-refractivity contribution in [1.29, 1.82) is 0 Å². The van der Waals surface area contributed by atoms with Crippen LogP contribution >= 0.6 is 22.6 Å². The molecule has 0 aromatic heterocycles. The molecule has 0 spiro atoms. The van der Waals surface area contributed by atoms with E-state index in [1.165, 1.54) is 5.41 Å². The number of hydrogen-bond donors (Lipinski definition) is 0. The topological polar surface area (TPSA) is 34.1 Å². The van der Waals surface area contributed by atoms with Crippen LogP contribution in [-0.4, -0.2) is 8.42 Å². The van der Waals surface area contributed by atoms with Crippen molar-refractivity contribution in [2.24, 2.45) is 0 Å². The molecule has 0 fully saturated rings. The molecule has 2 nitrogen and oxygen atoms in total. The largest absolute Gasteiger partial charge is 0.219 e. The van der Waals surface area contributed by atoms with Gasteiger partial charge in [0, 0.05) is 8.98 Å². The molecule has 0 bridgehead atoms. The van der Waals surface area contributed by atoms with E-state index < -0.39 is 9.84 Å². The maximum atomic E-state index is 11.3. The third-order valence-electron chi connectivity index (χ3n) is 1.71. The minimum atomic E-state index is -3.11. The van der Waals surface area contributed by atoms with E-state index in [9.17, 15) is 8.42 Å². The Morgan fingerprint density at radius 1 is 1.25 bits per heavy atom. The fraction of sp³-hybridized carbons (Fsp3) is 0. The molecule has 0 amide bonds. The van der Waals surface area contributed by atoms with Gasteiger partial charge >= 0.3 is 0 Å². The second kappa shape index (κ2) is 2.56. The van der Waals surface area contributed by atoms with E-state index in [4.69, 9.17) is 0 Å². The predicted octanol–water partition coefficient (Wildman–Crippen LogP) is 2.05. The van der Waals surface area contributed by atoms with E-state index in [0.717, 1.165) is 9.13 Å². The van der Waals surface area contributed by atoms with Crippen molar-refractivity contribution in [3.8, 4) is 0 Å².